The third kappa shape index (κ3) is 4.08. The first kappa shape index (κ1) is 14.0. The summed E-state index contributed by atoms with van der Waals surface area (Å²) < 4.78 is 6.24. The van der Waals surface area contributed by atoms with Crippen LogP contribution >= 0.6 is 0 Å². The molecule has 1 rings (SSSR count). The number of likely N-dealkylation sites (N-methyl/N-ethyl adjacent to an activating group) is 1. The Labute approximate surface area is 105 Å². The zero-order valence-electron chi connectivity index (χ0n) is 10.6. The Bertz CT molecular complexity index is 416. The van der Waals surface area contributed by atoms with Gasteiger partial charge in [0.15, 0.2) is 0 Å². The average Bonchev–Trinajstić information content (AvgIpc) is 2.72. The second-order valence-corrected chi connectivity index (χ2v) is 3.65. The van der Waals surface area contributed by atoms with E-state index in [0.717, 1.165) is 0 Å². The van der Waals surface area contributed by atoms with E-state index in [0.29, 0.717) is 19.0 Å². The van der Waals surface area contributed by atoms with E-state index in [-0.39, 0.29) is 19.0 Å². The lowest BCUT2D eigenvalue weighted by atomic mass is 10.4. The predicted octanol–water partition coefficient (Wildman–Crippen LogP) is -0.123. The van der Waals surface area contributed by atoms with Gasteiger partial charge in [0.05, 0.1) is 6.61 Å². The van der Waals surface area contributed by atoms with Crippen molar-refractivity contribution >= 4 is 17.7 Å². The summed E-state index contributed by atoms with van der Waals surface area (Å²) in [6.07, 6.45) is 1.62. The average molecular weight is 254 g/mol. The molecule has 0 atom stereocenters. The number of nitrogens with zero attached hydrogens (tertiary/aromatic N) is 3. The first-order chi connectivity index (χ1) is 8.56. The largest absolute Gasteiger partial charge is 0.465 e. The number of carbonyl (C=O) groups excluding carboxylic acids is 2. The van der Waals surface area contributed by atoms with Crippen LogP contribution in [0.2, 0.25) is 0 Å². The number of nitrogen functional groups attached to an aromatic ring is 1. The number of nitrogens with two attached hydrogens (primary N) is 1. The van der Waals surface area contributed by atoms with Gasteiger partial charge < -0.3 is 15.4 Å². The lowest BCUT2D eigenvalue weighted by Crippen LogP contribution is -2.38. The number of anilines is 1. The van der Waals surface area contributed by atoms with Crippen molar-refractivity contribution in [2.45, 2.75) is 20.4 Å². The summed E-state index contributed by atoms with van der Waals surface area (Å²) in [5, 5.41) is 3.91. The fourth-order valence-electron chi connectivity index (χ4n) is 1.44. The molecule has 0 saturated carbocycles. The molecule has 1 aromatic heterocycles. The van der Waals surface area contributed by atoms with Crippen LogP contribution in [0.4, 0.5) is 5.82 Å². The van der Waals surface area contributed by atoms with Crippen LogP contribution in [-0.4, -0.2) is 46.3 Å². The summed E-state index contributed by atoms with van der Waals surface area (Å²) in [6.45, 7) is 4.29. The molecule has 0 radical (unpaired) electrons. The summed E-state index contributed by atoms with van der Waals surface area (Å²) in [4.78, 5) is 24.6. The number of hydrogen-bond acceptors (Lipinski definition) is 5. The van der Waals surface area contributed by atoms with Gasteiger partial charge in [-0.05, 0) is 19.9 Å². The van der Waals surface area contributed by atoms with Gasteiger partial charge >= 0.3 is 5.97 Å². The highest BCUT2D eigenvalue weighted by Crippen LogP contribution is 1.99. The summed E-state index contributed by atoms with van der Waals surface area (Å²) in [7, 11) is 0. The van der Waals surface area contributed by atoms with E-state index in [1.54, 1.807) is 26.1 Å². The molecule has 0 aliphatic rings. The Morgan fingerprint density at radius 1 is 1.50 bits per heavy atom. The molecule has 7 nitrogen and oxygen atoms in total. The van der Waals surface area contributed by atoms with Gasteiger partial charge in [0.25, 0.3) is 0 Å². The zero-order valence-corrected chi connectivity index (χ0v) is 10.6. The van der Waals surface area contributed by atoms with Gasteiger partial charge in [-0.2, -0.15) is 5.10 Å². The number of carbonyl (C=O) groups is 2. The number of hydrogen-bond donors (Lipinski definition) is 1. The predicted molar refractivity (Wildman–Crippen MR) is 65.5 cm³/mol. The fraction of sp³-hybridized carbons (Fsp3) is 0.545. The van der Waals surface area contributed by atoms with Crippen molar-refractivity contribution < 1.29 is 14.3 Å². The maximum Gasteiger partial charge on any atom is 0.325 e. The van der Waals surface area contributed by atoms with Gasteiger partial charge in [-0.25, -0.2) is 0 Å². The monoisotopic (exact) mass is 254 g/mol. The number of ether oxygens (including phenoxy) is 1. The van der Waals surface area contributed by atoms with Crippen LogP contribution in [0, 0.1) is 0 Å². The van der Waals surface area contributed by atoms with Crippen molar-refractivity contribution in [2.75, 3.05) is 25.4 Å². The van der Waals surface area contributed by atoms with Gasteiger partial charge in [0.1, 0.15) is 18.9 Å². The molecule has 0 aliphatic carbocycles. The van der Waals surface area contributed by atoms with Crippen molar-refractivity contribution in [1.82, 2.24) is 14.7 Å². The third-order valence-corrected chi connectivity index (χ3v) is 2.32. The Balaban J connectivity index is 2.54. The van der Waals surface area contributed by atoms with Gasteiger partial charge in [0, 0.05) is 12.7 Å². The van der Waals surface area contributed by atoms with Gasteiger partial charge in [0.2, 0.25) is 5.91 Å². The van der Waals surface area contributed by atoms with Crippen molar-refractivity contribution in [2.24, 2.45) is 0 Å². The van der Waals surface area contributed by atoms with E-state index < -0.39 is 5.97 Å². The first-order valence-corrected chi connectivity index (χ1v) is 5.79. The highest BCUT2D eigenvalue weighted by Gasteiger charge is 2.16. The van der Waals surface area contributed by atoms with Gasteiger partial charge in [-0.3, -0.25) is 14.3 Å². The minimum Gasteiger partial charge on any atom is -0.465 e. The molecule has 0 fully saturated rings. The van der Waals surface area contributed by atoms with Crippen LogP contribution in [0.15, 0.2) is 12.3 Å². The molecule has 100 valence electrons. The SMILES string of the molecule is CCOC(=O)CN(CC)C(=O)Cn1ccc(N)n1. The third-order valence-electron chi connectivity index (χ3n) is 2.32. The molecule has 2 N–H and O–H groups in total. The van der Waals surface area contributed by atoms with Crippen LogP contribution in [0.5, 0.6) is 0 Å². The summed E-state index contributed by atoms with van der Waals surface area (Å²) in [5.74, 6) is -0.252. The van der Waals surface area contributed by atoms with E-state index in [2.05, 4.69) is 5.10 Å². The van der Waals surface area contributed by atoms with Crippen LogP contribution < -0.4 is 5.73 Å². The Kier molecular flexibility index (Phi) is 5.16. The number of amides is 1. The number of aromatic nitrogens is 2. The highest BCUT2D eigenvalue weighted by atomic mass is 16.5. The summed E-state index contributed by atoms with van der Waals surface area (Å²) in [6, 6.07) is 1.61. The Morgan fingerprint density at radius 3 is 2.72 bits per heavy atom. The lowest BCUT2D eigenvalue weighted by Gasteiger charge is -2.19. The van der Waals surface area contributed by atoms with E-state index >= 15 is 0 Å². The standard InChI is InChI=1S/C11H18N4O3/c1-3-14(8-11(17)18-4-2)10(16)7-15-6-5-9(12)13-15/h5-6H,3-4,7-8H2,1-2H3,(H2,12,13). The Hall–Kier alpha value is -2.05. The molecule has 18 heavy (non-hydrogen) atoms. The molecule has 0 aromatic carbocycles. The normalized spacial score (nSPS) is 10.1. The topological polar surface area (TPSA) is 90.5 Å². The van der Waals surface area contributed by atoms with E-state index in [1.807, 2.05) is 0 Å². The minimum atomic E-state index is -0.410. The van der Waals surface area contributed by atoms with Gasteiger partial charge in [-0.1, -0.05) is 0 Å². The van der Waals surface area contributed by atoms with Gasteiger partial charge in [-0.15, -0.1) is 0 Å². The van der Waals surface area contributed by atoms with Crippen LogP contribution in [0.25, 0.3) is 0 Å². The van der Waals surface area contributed by atoms with E-state index in [1.165, 1.54) is 9.58 Å². The van der Waals surface area contributed by atoms with Crippen molar-refractivity contribution in [3.8, 4) is 0 Å². The van der Waals surface area contributed by atoms with Crippen molar-refractivity contribution in [3.63, 3.8) is 0 Å². The smallest absolute Gasteiger partial charge is 0.325 e. The molecular weight excluding hydrogens is 236 g/mol. The molecule has 0 aliphatic heterocycles. The molecule has 1 heterocycles. The summed E-state index contributed by atoms with van der Waals surface area (Å²) in [5.41, 5.74) is 5.45. The summed E-state index contributed by atoms with van der Waals surface area (Å²) >= 11 is 0. The zero-order chi connectivity index (χ0) is 13.5. The molecule has 0 spiro atoms. The van der Waals surface area contributed by atoms with Crippen LogP contribution in [-0.2, 0) is 20.9 Å². The fourth-order valence-corrected chi connectivity index (χ4v) is 1.44. The number of rotatable bonds is 6. The first-order valence-electron chi connectivity index (χ1n) is 5.79. The Morgan fingerprint density at radius 2 is 2.22 bits per heavy atom. The highest BCUT2D eigenvalue weighted by molar-refractivity contribution is 5.81. The molecule has 7 heteroatoms. The van der Waals surface area contributed by atoms with Crippen molar-refractivity contribution in [3.05, 3.63) is 12.3 Å². The maximum absolute atomic E-state index is 11.9. The lowest BCUT2D eigenvalue weighted by molar-refractivity contribution is -0.149. The van der Waals surface area contributed by atoms with E-state index in [9.17, 15) is 9.59 Å². The van der Waals surface area contributed by atoms with E-state index in [4.69, 9.17) is 10.5 Å². The van der Waals surface area contributed by atoms with Crippen LogP contribution in [0.3, 0.4) is 0 Å². The molecule has 0 saturated heterocycles. The molecule has 0 bridgehead atoms. The number of esters is 1. The second kappa shape index (κ2) is 6.63. The molecule has 1 aromatic rings. The molecule has 1 amide bonds. The minimum absolute atomic E-state index is 0.0417. The molecular formula is C11H18N4O3. The quantitative estimate of drug-likeness (QED) is 0.714. The second-order valence-electron chi connectivity index (χ2n) is 3.65. The van der Waals surface area contributed by atoms with Crippen molar-refractivity contribution in [1.29, 1.82) is 0 Å². The van der Waals surface area contributed by atoms with Crippen LogP contribution in [0.1, 0.15) is 13.8 Å². The maximum atomic E-state index is 11.9. The molecule has 0 unspecified atom stereocenters.